The highest BCUT2D eigenvalue weighted by Gasteiger charge is 2.12. The van der Waals surface area contributed by atoms with Crippen molar-refractivity contribution in [3.05, 3.63) is 53.8 Å². The van der Waals surface area contributed by atoms with Crippen LogP contribution in [0, 0.1) is 0 Å². The summed E-state index contributed by atoms with van der Waals surface area (Å²) in [5.74, 6) is 0.726. The van der Waals surface area contributed by atoms with Gasteiger partial charge in [0.15, 0.2) is 0 Å². The molecule has 0 unspecified atom stereocenters. The molecule has 0 saturated carbocycles. The lowest BCUT2D eigenvalue weighted by atomic mass is 10.1. The van der Waals surface area contributed by atoms with Crippen molar-refractivity contribution in [2.45, 2.75) is 6.92 Å². The summed E-state index contributed by atoms with van der Waals surface area (Å²) in [4.78, 5) is 20.5. The van der Waals surface area contributed by atoms with Gasteiger partial charge in [0.2, 0.25) is 5.91 Å². The Labute approximate surface area is 160 Å². The molecule has 0 bridgehead atoms. The minimum atomic E-state index is -0.271. The molecule has 2 aromatic carbocycles. The smallest absolute Gasteiger partial charge is 0.248 e. The fourth-order valence-corrected chi connectivity index (χ4v) is 2.68. The maximum atomic E-state index is 11.9. The number of amides is 1. The Morgan fingerprint density at radius 1 is 1.26 bits per heavy atom. The van der Waals surface area contributed by atoms with Crippen molar-refractivity contribution in [2.75, 3.05) is 17.7 Å². The summed E-state index contributed by atoms with van der Waals surface area (Å²) in [7, 11) is 1.52. The number of aromatic nitrogens is 2. The lowest BCUT2D eigenvalue weighted by molar-refractivity contribution is -0.111. The Morgan fingerprint density at radius 2 is 2.07 bits per heavy atom. The second-order valence-electron chi connectivity index (χ2n) is 5.57. The van der Waals surface area contributed by atoms with E-state index in [0.29, 0.717) is 33.8 Å². The molecule has 3 rings (SSSR count). The molecule has 0 radical (unpaired) electrons. The third-order valence-corrected chi connectivity index (χ3v) is 4.05. The average Bonchev–Trinajstić information content (AvgIpc) is 2.65. The van der Waals surface area contributed by atoms with E-state index in [0.717, 1.165) is 0 Å². The molecule has 1 heterocycles. The van der Waals surface area contributed by atoms with Crippen molar-refractivity contribution >= 4 is 45.6 Å². The van der Waals surface area contributed by atoms with Crippen LogP contribution in [0.3, 0.4) is 0 Å². The van der Waals surface area contributed by atoms with Gasteiger partial charge in [0.25, 0.3) is 0 Å². The molecular formula is C19H17ClN4O3. The Balaban J connectivity index is 2.05. The Hall–Kier alpha value is -3.32. The summed E-state index contributed by atoms with van der Waals surface area (Å²) >= 11 is 5.96. The van der Waals surface area contributed by atoms with Crippen LogP contribution in [0.4, 0.5) is 17.2 Å². The zero-order valence-corrected chi connectivity index (χ0v) is 15.4. The molecule has 8 heteroatoms. The van der Waals surface area contributed by atoms with Crippen LogP contribution in [-0.4, -0.2) is 28.1 Å². The van der Waals surface area contributed by atoms with Crippen molar-refractivity contribution < 1.29 is 14.6 Å². The molecule has 138 valence electrons. The maximum Gasteiger partial charge on any atom is 0.248 e. The number of phenolic OH excluding ortho intramolecular Hbond substituents is 1. The predicted octanol–water partition coefficient (Wildman–Crippen LogP) is 4.26. The topological polar surface area (TPSA) is 96.4 Å². The monoisotopic (exact) mass is 384 g/mol. The summed E-state index contributed by atoms with van der Waals surface area (Å²) in [6, 6.07) is 8.20. The van der Waals surface area contributed by atoms with E-state index >= 15 is 0 Å². The zero-order valence-electron chi connectivity index (χ0n) is 14.7. The highest BCUT2D eigenvalue weighted by atomic mass is 35.5. The van der Waals surface area contributed by atoms with Crippen molar-refractivity contribution in [1.29, 1.82) is 0 Å². The first-order valence-electron chi connectivity index (χ1n) is 8.03. The number of allylic oxidation sites excluding steroid dienone is 1. The second-order valence-corrected chi connectivity index (χ2v) is 5.98. The zero-order chi connectivity index (χ0) is 19.4. The number of fused-ring (bicyclic) bond motifs is 1. The molecule has 1 amide bonds. The predicted molar refractivity (Wildman–Crippen MR) is 106 cm³/mol. The van der Waals surface area contributed by atoms with Crippen LogP contribution in [0.5, 0.6) is 11.5 Å². The second kappa shape index (κ2) is 7.92. The molecule has 27 heavy (non-hydrogen) atoms. The first-order chi connectivity index (χ1) is 13.0. The molecule has 0 fully saturated rings. The van der Waals surface area contributed by atoms with Gasteiger partial charge in [0.05, 0.1) is 23.3 Å². The molecule has 3 N–H and O–H groups in total. The number of carbonyl (C=O) groups is 1. The number of carbonyl (C=O) groups excluding carboxylic acids is 1. The Bertz CT molecular complexity index is 1040. The van der Waals surface area contributed by atoms with Crippen LogP contribution < -0.4 is 15.4 Å². The lowest BCUT2D eigenvalue weighted by Crippen LogP contribution is -2.09. The quantitative estimate of drug-likeness (QED) is 0.449. The van der Waals surface area contributed by atoms with Crippen LogP contribution >= 0.6 is 11.6 Å². The summed E-state index contributed by atoms with van der Waals surface area (Å²) in [5, 5.41) is 16.4. The summed E-state index contributed by atoms with van der Waals surface area (Å²) < 4.78 is 5.35. The first kappa shape index (κ1) is 18.5. The summed E-state index contributed by atoms with van der Waals surface area (Å²) in [6.07, 6.45) is 4.49. The van der Waals surface area contributed by atoms with E-state index in [-0.39, 0.29) is 16.7 Å². The Kier molecular flexibility index (Phi) is 5.42. The number of hydrogen-bond acceptors (Lipinski definition) is 6. The molecular weight excluding hydrogens is 368 g/mol. The largest absolute Gasteiger partial charge is 0.506 e. The lowest BCUT2D eigenvalue weighted by Gasteiger charge is -2.13. The molecule has 0 spiro atoms. The Morgan fingerprint density at radius 3 is 2.78 bits per heavy atom. The molecule has 7 nitrogen and oxygen atoms in total. The molecule has 0 aliphatic carbocycles. The SMILES string of the molecule is CC=CC(=O)Nc1cc2c(Nc3ccc(O)c(Cl)c3)ncnc2cc1OC. The van der Waals surface area contributed by atoms with Gasteiger partial charge in [-0.25, -0.2) is 9.97 Å². The van der Waals surface area contributed by atoms with Crippen molar-refractivity contribution in [3.8, 4) is 11.5 Å². The van der Waals surface area contributed by atoms with E-state index in [4.69, 9.17) is 16.3 Å². The average molecular weight is 385 g/mol. The highest BCUT2D eigenvalue weighted by Crippen LogP contribution is 2.34. The van der Waals surface area contributed by atoms with Crippen LogP contribution in [0.15, 0.2) is 48.8 Å². The van der Waals surface area contributed by atoms with Gasteiger partial charge >= 0.3 is 0 Å². The standard InChI is InChI=1S/C19H17ClN4O3/c1-3-4-18(26)24-15-8-12-14(9-17(15)27-2)21-10-22-19(12)23-11-5-6-16(25)13(20)7-11/h3-10,25H,1-2H3,(H,24,26)(H,21,22,23). The number of nitrogens with zero attached hydrogens (tertiary/aromatic N) is 2. The van der Waals surface area contributed by atoms with Crippen LogP contribution in [0.25, 0.3) is 10.9 Å². The van der Waals surface area contributed by atoms with Crippen molar-refractivity contribution in [2.24, 2.45) is 0 Å². The molecule has 0 saturated heterocycles. The first-order valence-corrected chi connectivity index (χ1v) is 8.41. The maximum absolute atomic E-state index is 11.9. The van der Waals surface area contributed by atoms with Gasteiger partial charge in [0, 0.05) is 17.1 Å². The van der Waals surface area contributed by atoms with E-state index in [1.54, 1.807) is 37.3 Å². The number of methoxy groups -OCH3 is 1. The number of ether oxygens (including phenoxy) is 1. The highest BCUT2D eigenvalue weighted by molar-refractivity contribution is 6.32. The van der Waals surface area contributed by atoms with Crippen molar-refractivity contribution in [3.63, 3.8) is 0 Å². The third-order valence-electron chi connectivity index (χ3n) is 3.74. The number of nitrogens with one attached hydrogen (secondary N) is 2. The van der Waals surface area contributed by atoms with Gasteiger partial charge in [-0.05, 0) is 37.3 Å². The van der Waals surface area contributed by atoms with E-state index in [1.165, 1.54) is 25.6 Å². The number of rotatable bonds is 5. The normalized spacial score (nSPS) is 10.9. The van der Waals surface area contributed by atoms with Gasteiger partial charge in [0.1, 0.15) is 23.6 Å². The van der Waals surface area contributed by atoms with Gasteiger partial charge in [-0.3, -0.25) is 4.79 Å². The number of aromatic hydroxyl groups is 1. The van der Waals surface area contributed by atoms with Crippen molar-refractivity contribution in [1.82, 2.24) is 9.97 Å². The van der Waals surface area contributed by atoms with E-state index in [2.05, 4.69) is 20.6 Å². The van der Waals surface area contributed by atoms with Crippen LogP contribution in [0.1, 0.15) is 6.92 Å². The fourth-order valence-electron chi connectivity index (χ4n) is 2.50. The van der Waals surface area contributed by atoms with E-state index in [9.17, 15) is 9.90 Å². The summed E-state index contributed by atoms with van der Waals surface area (Å²) in [6.45, 7) is 1.76. The van der Waals surface area contributed by atoms with Gasteiger partial charge in [-0.1, -0.05) is 17.7 Å². The third kappa shape index (κ3) is 4.09. The molecule has 1 aromatic heterocycles. The van der Waals surface area contributed by atoms with Crippen LogP contribution in [-0.2, 0) is 4.79 Å². The minimum Gasteiger partial charge on any atom is -0.506 e. The molecule has 0 atom stereocenters. The number of anilines is 3. The van der Waals surface area contributed by atoms with Crippen LogP contribution in [0.2, 0.25) is 5.02 Å². The number of phenols is 1. The van der Waals surface area contributed by atoms with E-state index in [1.807, 2.05) is 0 Å². The van der Waals surface area contributed by atoms with Gasteiger partial charge in [-0.2, -0.15) is 0 Å². The summed E-state index contributed by atoms with van der Waals surface area (Å²) in [5.41, 5.74) is 1.78. The van der Waals surface area contributed by atoms with Gasteiger partial charge in [-0.15, -0.1) is 0 Å². The minimum absolute atomic E-state index is 0.00604. The molecule has 3 aromatic rings. The number of benzene rings is 2. The molecule has 0 aliphatic rings. The fraction of sp³-hybridized carbons (Fsp3) is 0.105. The van der Waals surface area contributed by atoms with Gasteiger partial charge < -0.3 is 20.5 Å². The number of halogens is 1. The van der Waals surface area contributed by atoms with E-state index < -0.39 is 0 Å². The number of hydrogen-bond donors (Lipinski definition) is 3. The molecule has 0 aliphatic heterocycles.